The van der Waals surface area contributed by atoms with Gasteiger partial charge in [-0.2, -0.15) is 5.10 Å². The molecule has 0 saturated heterocycles. The van der Waals surface area contributed by atoms with E-state index in [4.69, 9.17) is 16.7 Å². The van der Waals surface area contributed by atoms with E-state index in [9.17, 15) is 18.0 Å². The van der Waals surface area contributed by atoms with Gasteiger partial charge in [-0.1, -0.05) is 48.0 Å². The molecule has 0 unspecified atom stereocenters. The van der Waals surface area contributed by atoms with Crippen LogP contribution in [0.25, 0.3) is 0 Å². The number of nitrogens with one attached hydrogen (secondary N) is 2. The Bertz CT molecular complexity index is 1280. The number of benzene rings is 3. The van der Waals surface area contributed by atoms with Crippen LogP contribution in [0.4, 0.5) is 5.69 Å². The first kappa shape index (κ1) is 22.0. The summed E-state index contributed by atoms with van der Waals surface area (Å²) < 4.78 is 27.7. The van der Waals surface area contributed by atoms with Gasteiger partial charge in [0.1, 0.15) is 0 Å². The van der Waals surface area contributed by atoms with Crippen molar-refractivity contribution in [3.63, 3.8) is 0 Å². The third kappa shape index (κ3) is 5.47. The van der Waals surface area contributed by atoms with Gasteiger partial charge in [0.15, 0.2) is 0 Å². The lowest BCUT2D eigenvalue weighted by molar-refractivity contribution is 0.0696. The summed E-state index contributed by atoms with van der Waals surface area (Å²) in [4.78, 5) is 23.4. The number of para-hydroxylation sites is 1. The Morgan fingerprint density at radius 2 is 1.68 bits per heavy atom. The van der Waals surface area contributed by atoms with Gasteiger partial charge in [0, 0.05) is 11.1 Å². The zero-order chi connectivity index (χ0) is 22.4. The number of amides is 1. The number of sulfonamides is 1. The second-order valence-electron chi connectivity index (χ2n) is 6.20. The fourth-order valence-corrected chi connectivity index (χ4v) is 3.95. The van der Waals surface area contributed by atoms with Crippen LogP contribution >= 0.6 is 11.6 Å². The molecule has 0 bridgehead atoms. The number of carboxylic acids is 1. The highest BCUT2D eigenvalue weighted by atomic mass is 35.5. The van der Waals surface area contributed by atoms with E-state index in [1.807, 2.05) is 0 Å². The van der Waals surface area contributed by atoms with Crippen LogP contribution in [0.5, 0.6) is 0 Å². The normalized spacial score (nSPS) is 11.3. The smallest absolute Gasteiger partial charge is 0.336 e. The molecule has 1 amide bonds. The van der Waals surface area contributed by atoms with E-state index in [-0.39, 0.29) is 26.7 Å². The Labute approximate surface area is 183 Å². The zero-order valence-electron chi connectivity index (χ0n) is 15.8. The molecule has 0 saturated carbocycles. The van der Waals surface area contributed by atoms with Gasteiger partial charge in [-0.25, -0.2) is 18.6 Å². The molecule has 3 rings (SSSR count). The van der Waals surface area contributed by atoms with E-state index < -0.39 is 21.9 Å². The fourth-order valence-electron chi connectivity index (χ4n) is 2.58. The minimum absolute atomic E-state index is 0.0271. The minimum atomic E-state index is -3.99. The Morgan fingerprint density at radius 1 is 0.968 bits per heavy atom. The number of anilines is 1. The Morgan fingerprint density at radius 3 is 2.42 bits per heavy atom. The van der Waals surface area contributed by atoms with Crippen LogP contribution in [-0.4, -0.2) is 31.6 Å². The molecule has 158 valence electrons. The molecule has 8 nitrogen and oxygen atoms in total. The molecule has 0 aliphatic heterocycles. The molecule has 3 aromatic rings. The molecular weight excluding hydrogens is 442 g/mol. The van der Waals surface area contributed by atoms with Crippen LogP contribution in [0.15, 0.2) is 82.8 Å². The Kier molecular flexibility index (Phi) is 6.68. The van der Waals surface area contributed by atoms with E-state index in [0.29, 0.717) is 5.56 Å². The highest BCUT2D eigenvalue weighted by Gasteiger charge is 2.17. The topological polar surface area (TPSA) is 125 Å². The van der Waals surface area contributed by atoms with Gasteiger partial charge in [0.05, 0.1) is 27.4 Å². The third-order valence-electron chi connectivity index (χ3n) is 4.09. The van der Waals surface area contributed by atoms with Crippen molar-refractivity contribution < 1.29 is 23.1 Å². The summed E-state index contributed by atoms with van der Waals surface area (Å²) in [5.74, 6) is -1.80. The number of rotatable bonds is 7. The number of carboxylic acid groups (broad SMARTS) is 1. The molecule has 0 aliphatic rings. The molecule has 3 aromatic carbocycles. The van der Waals surface area contributed by atoms with Crippen LogP contribution in [0.2, 0.25) is 5.02 Å². The molecule has 3 N–H and O–H groups in total. The summed E-state index contributed by atoms with van der Waals surface area (Å²) in [6.45, 7) is 0. The van der Waals surface area contributed by atoms with E-state index in [1.54, 1.807) is 30.3 Å². The van der Waals surface area contributed by atoms with E-state index >= 15 is 0 Å². The van der Waals surface area contributed by atoms with Crippen molar-refractivity contribution in [2.45, 2.75) is 4.90 Å². The number of carbonyl (C=O) groups excluding carboxylic acids is 1. The second-order valence-corrected chi connectivity index (χ2v) is 8.29. The fraction of sp³-hybridized carbons (Fsp3) is 0. The number of halogens is 1. The molecule has 0 radical (unpaired) electrons. The van der Waals surface area contributed by atoms with Crippen LogP contribution in [0, 0.1) is 0 Å². The first-order valence-electron chi connectivity index (χ1n) is 8.81. The summed E-state index contributed by atoms with van der Waals surface area (Å²) in [7, 11) is -3.99. The molecule has 0 spiro atoms. The lowest BCUT2D eigenvalue weighted by Crippen LogP contribution is -2.19. The van der Waals surface area contributed by atoms with Gasteiger partial charge in [-0.3, -0.25) is 9.52 Å². The molecule has 0 atom stereocenters. The monoisotopic (exact) mass is 457 g/mol. The summed E-state index contributed by atoms with van der Waals surface area (Å²) >= 11 is 5.99. The van der Waals surface area contributed by atoms with Gasteiger partial charge in [-0.05, 0) is 36.4 Å². The first-order valence-corrected chi connectivity index (χ1v) is 10.7. The van der Waals surface area contributed by atoms with Crippen molar-refractivity contribution >= 4 is 45.4 Å². The summed E-state index contributed by atoms with van der Waals surface area (Å²) in [5, 5.41) is 13.2. The summed E-state index contributed by atoms with van der Waals surface area (Å²) in [6, 6.07) is 17.9. The van der Waals surface area contributed by atoms with E-state index in [0.717, 1.165) is 0 Å². The Hall–Kier alpha value is -3.69. The molecule has 0 fully saturated rings. The number of hydrazone groups is 1. The SMILES string of the molecule is O=C(N/N=C/c1ccccc1C(=O)O)c1cccc(S(=O)(=O)Nc2ccccc2Cl)c1. The molecule has 0 aliphatic carbocycles. The lowest BCUT2D eigenvalue weighted by Gasteiger charge is -2.10. The number of aromatic carboxylic acids is 1. The summed E-state index contributed by atoms with van der Waals surface area (Å²) in [5.41, 5.74) is 2.84. The number of hydrogen-bond acceptors (Lipinski definition) is 5. The maximum Gasteiger partial charge on any atom is 0.336 e. The van der Waals surface area contributed by atoms with Crippen LogP contribution in [0.3, 0.4) is 0 Å². The highest BCUT2D eigenvalue weighted by molar-refractivity contribution is 7.92. The molecule has 10 heteroatoms. The van der Waals surface area contributed by atoms with Crippen LogP contribution in [0.1, 0.15) is 26.3 Å². The van der Waals surface area contributed by atoms with E-state index in [1.165, 1.54) is 48.7 Å². The maximum atomic E-state index is 12.6. The predicted molar refractivity (Wildman–Crippen MR) is 117 cm³/mol. The van der Waals surface area contributed by atoms with Crippen LogP contribution in [-0.2, 0) is 10.0 Å². The average Bonchev–Trinajstić information content (AvgIpc) is 2.75. The lowest BCUT2D eigenvalue weighted by atomic mass is 10.1. The van der Waals surface area contributed by atoms with Gasteiger partial charge < -0.3 is 5.11 Å². The van der Waals surface area contributed by atoms with Gasteiger partial charge in [-0.15, -0.1) is 0 Å². The van der Waals surface area contributed by atoms with Gasteiger partial charge in [0.25, 0.3) is 15.9 Å². The Balaban J connectivity index is 1.76. The number of hydrogen-bond donors (Lipinski definition) is 3. The van der Waals surface area contributed by atoms with Crippen molar-refractivity contribution in [1.29, 1.82) is 0 Å². The van der Waals surface area contributed by atoms with E-state index in [2.05, 4.69) is 15.2 Å². The quantitative estimate of drug-likeness (QED) is 0.369. The van der Waals surface area contributed by atoms with Crippen molar-refractivity contribution in [2.24, 2.45) is 5.10 Å². The van der Waals surface area contributed by atoms with Crippen molar-refractivity contribution in [2.75, 3.05) is 4.72 Å². The summed E-state index contributed by atoms with van der Waals surface area (Å²) in [6.07, 6.45) is 1.20. The van der Waals surface area contributed by atoms with Crippen LogP contribution < -0.4 is 10.1 Å². The minimum Gasteiger partial charge on any atom is -0.478 e. The zero-order valence-corrected chi connectivity index (χ0v) is 17.4. The van der Waals surface area contributed by atoms with Gasteiger partial charge >= 0.3 is 5.97 Å². The molecule has 0 heterocycles. The molecule has 31 heavy (non-hydrogen) atoms. The van der Waals surface area contributed by atoms with Crippen molar-refractivity contribution in [3.8, 4) is 0 Å². The highest BCUT2D eigenvalue weighted by Crippen LogP contribution is 2.24. The maximum absolute atomic E-state index is 12.6. The molecular formula is C21H16ClN3O5S. The second kappa shape index (κ2) is 9.41. The average molecular weight is 458 g/mol. The predicted octanol–water partition coefficient (Wildman–Crippen LogP) is 3.60. The first-order chi connectivity index (χ1) is 14.8. The third-order valence-corrected chi connectivity index (χ3v) is 5.78. The largest absolute Gasteiger partial charge is 0.478 e. The standard InChI is InChI=1S/C21H16ClN3O5S/c22-18-10-3-4-11-19(18)25-31(29,30)16-8-5-7-14(12-16)20(26)24-23-13-15-6-1-2-9-17(15)21(27)28/h1-13,25H,(H,24,26)(H,27,28)/b23-13+. The van der Waals surface area contributed by atoms with Crippen molar-refractivity contribution in [1.82, 2.24) is 5.43 Å². The molecule has 0 aromatic heterocycles. The van der Waals surface area contributed by atoms with Crippen molar-refractivity contribution in [3.05, 3.63) is 94.5 Å². The number of nitrogens with zero attached hydrogens (tertiary/aromatic N) is 1. The number of carbonyl (C=O) groups is 2. The van der Waals surface area contributed by atoms with Gasteiger partial charge in [0.2, 0.25) is 0 Å².